The van der Waals surface area contributed by atoms with E-state index < -0.39 is 0 Å². The maximum atomic E-state index is 5.82. The number of anilines is 1. The molecule has 0 spiro atoms. The second-order valence-corrected chi connectivity index (χ2v) is 8.65. The first-order valence-electron chi connectivity index (χ1n) is 11.7. The fourth-order valence-electron chi connectivity index (χ4n) is 4.35. The zero-order chi connectivity index (χ0) is 21.2. The molecular formula is C23H41IN6O. The maximum Gasteiger partial charge on any atom is 0.191 e. The molecule has 0 radical (unpaired) electrons. The van der Waals surface area contributed by atoms with Gasteiger partial charge in [-0.25, -0.2) is 4.98 Å². The number of halogens is 1. The van der Waals surface area contributed by atoms with Crippen LogP contribution in [0.25, 0.3) is 0 Å². The second-order valence-electron chi connectivity index (χ2n) is 8.65. The van der Waals surface area contributed by atoms with Crippen LogP contribution in [-0.4, -0.2) is 74.4 Å². The summed E-state index contributed by atoms with van der Waals surface area (Å²) in [6.07, 6.45) is 9.08. The average Bonchev–Trinajstić information content (AvgIpc) is 3.02. The van der Waals surface area contributed by atoms with Gasteiger partial charge in [-0.2, -0.15) is 0 Å². The molecule has 0 aromatic carbocycles. The molecule has 0 aliphatic carbocycles. The Bertz CT molecular complexity index is 638. The topological polar surface area (TPSA) is 65.0 Å². The van der Waals surface area contributed by atoms with Crippen LogP contribution in [0.5, 0.6) is 0 Å². The van der Waals surface area contributed by atoms with E-state index in [2.05, 4.69) is 56.4 Å². The smallest absolute Gasteiger partial charge is 0.191 e. The number of aromatic nitrogens is 1. The molecular weight excluding hydrogens is 503 g/mol. The minimum absolute atomic E-state index is 0. The zero-order valence-electron chi connectivity index (χ0n) is 19.5. The minimum atomic E-state index is 0. The van der Waals surface area contributed by atoms with Crippen LogP contribution in [0.4, 0.5) is 5.82 Å². The highest BCUT2D eigenvalue weighted by molar-refractivity contribution is 14.0. The summed E-state index contributed by atoms with van der Waals surface area (Å²) in [5, 5.41) is 6.84. The number of guanidine groups is 1. The van der Waals surface area contributed by atoms with E-state index in [9.17, 15) is 0 Å². The number of likely N-dealkylation sites (tertiary alicyclic amines) is 1. The van der Waals surface area contributed by atoms with Crippen LogP contribution in [0.1, 0.15) is 51.5 Å². The van der Waals surface area contributed by atoms with Crippen LogP contribution in [0.3, 0.4) is 0 Å². The molecule has 31 heavy (non-hydrogen) atoms. The molecule has 2 fully saturated rings. The molecule has 7 nitrogen and oxygen atoms in total. The Morgan fingerprint density at radius 1 is 1.10 bits per heavy atom. The lowest BCUT2D eigenvalue weighted by Gasteiger charge is -2.36. The molecule has 2 unspecified atom stereocenters. The van der Waals surface area contributed by atoms with Crippen molar-refractivity contribution < 1.29 is 4.74 Å². The third-order valence-corrected chi connectivity index (χ3v) is 5.88. The summed E-state index contributed by atoms with van der Waals surface area (Å²) >= 11 is 0. The molecule has 176 valence electrons. The molecule has 3 rings (SSSR count). The highest BCUT2D eigenvalue weighted by Gasteiger charge is 2.22. The lowest BCUT2D eigenvalue weighted by atomic mass is 10.2. The van der Waals surface area contributed by atoms with Gasteiger partial charge in [0.25, 0.3) is 0 Å². The highest BCUT2D eigenvalue weighted by Crippen LogP contribution is 2.18. The normalized spacial score (nSPS) is 23.1. The Morgan fingerprint density at radius 3 is 2.42 bits per heavy atom. The number of nitrogens with one attached hydrogen (secondary N) is 2. The number of pyridine rings is 1. The Balaban J connectivity index is 0.00000341. The molecule has 0 saturated carbocycles. The molecule has 0 bridgehead atoms. The summed E-state index contributed by atoms with van der Waals surface area (Å²) in [5.41, 5.74) is 1.15. The van der Waals surface area contributed by atoms with Crippen molar-refractivity contribution in [2.24, 2.45) is 4.99 Å². The largest absolute Gasteiger partial charge is 0.372 e. The van der Waals surface area contributed by atoms with Gasteiger partial charge in [0.05, 0.1) is 12.2 Å². The molecule has 2 aliphatic rings. The highest BCUT2D eigenvalue weighted by atomic mass is 127. The van der Waals surface area contributed by atoms with E-state index in [1.807, 2.05) is 13.2 Å². The summed E-state index contributed by atoms with van der Waals surface area (Å²) in [6.45, 7) is 11.4. The Morgan fingerprint density at radius 2 is 1.81 bits per heavy atom. The Hall–Kier alpha value is -1.13. The average molecular weight is 545 g/mol. The van der Waals surface area contributed by atoms with E-state index in [-0.39, 0.29) is 36.2 Å². The van der Waals surface area contributed by atoms with E-state index in [0.717, 1.165) is 49.9 Å². The van der Waals surface area contributed by atoms with Crippen molar-refractivity contribution in [2.75, 3.05) is 51.2 Å². The number of rotatable bonds is 7. The van der Waals surface area contributed by atoms with Gasteiger partial charge in [-0.15, -0.1) is 24.0 Å². The first-order valence-corrected chi connectivity index (χ1v) is 11.7. The zero-order valence-corrected chi connectivity index (χ0v) is 21.8. The van der Waals surface area contributed by atoms with Gasteiger partial charge in [0.2, 0.25) is 0 Å². The fraction of sp³-hybridized carbons (Fsp3) is 0.739. The molecule has 0 amide bonds. The van der Waals surface area contributed by atoms with E-state index in [0.29, 0.717) is 0 Å². The van der Waals surface area contributed by atoms with Gasteiger partial charge in [0, 0.05) is 39.4 Å². The summed E-state index contributed by atoms with van der Waals surface area (Å²) in [4.78, 5) is 13.9. The number of ether oxygens (including phenoxy) is 1. The van der Waals surface area contributed by atoms with Crippen molar-refractivity contribution in [2.45, 2.75) is 64.7 Å². The van der Waals surface area contributed by atoms with Crippen LogP contribution in [0.15, 0.2) is 23.3 Å². The second kappa shape index (κ2) is 14.1. The van der Waals surface area contributed by atoms with E-state index in [1.54, 1.807) is 0 Å². The van der Waals surface area contributed by atoms with Crippen molar-refractivity contribution in [3.8, 4) is 0 Å². The van der Waals surface area contributed by atoms with Crippen LogP contribution < -0.4 is 15.5 Å². The summed E-state index contributed by atoms with van der Waals surface area (Å²) in [6, 6.07) is 4.26. The predicted octanol–water partition coefficient (Wildman–Crippen LogP) is 3.24. The van der Waals surface area contributed by atoms with Gasteiger partial charge in [-0.05, 0) is 64.4 Å². The molecule has 3 heterocycles. The Kier molecular flexibility index (Phi) is 11.9. The summed E-state index contributed by atoms with van der Waals surface area (Å²) in [5.74, 6) is 1.88. The minimum Gasteiger partial charge on any atom is -0.372 e. The van der Waals surface area contributed by atoms with E-state index >= 15 is 0 Å². The van der Waals surface area contributed by atoms with Crippen LogP contribution in [0.2, 0.25) is 0 Å². The number of nitrogens with zero attached hydrogens (tertiary/aromatic N) is 4. The molecule has 1 aromatic heterocycles. The van der Waals surface area contributed by atoms with E-state index in [1.165, 1.54) is 45.3 Å². The molecule has 8 heteroatoms. The summed E-state index contributed by atoms with van der Waals surface area (Å²) in [7, 11) is 1.83. The van der Waals surface area contributed by atoms with Crippen LogP contribution >= 0.6 is 24.0 Å². The third-order valence-electron chi connectivity index (χ3n) is 5.88. The quantitative estimate of drug-likeness (QED) is 0.238. The third kappa shape index (κ3) is 9.10. The van der Waals surface area contributed by atoms with Gasteiger partial charge in [-0.1, -0.05) is 18.9 Å². The molecule has 2 atom stereocenters. The van der Waals surface area contributed by atoms with Gasteiger partial charge < -0.3 is 25.2 Å². The van der Waals surface area contributed by atoms with Crippen molar-refractivity contribution in [1.82, 2.24) is 20.5 Å². The molecule has 2 N–H and O–H groups in total. The fourth-order valence-corrected chi connectivity index (χ4v) is 4.35. The standard InChI is InChI=1S/C23H40N6O.HI/c1-19-17-29(18-20(2)30-19)22-10-9-21(15-26-22)16-27-23(24-3)25-11-8-14-28-12-6-4-5-7-13-28;/h9-10,15,19-20H,4-8,11-14,16-18H2,1-3H3,(H2,24,25,27);1H. The van der Waals surface area contributed by atoms with Crippen LogP contribution in [0, 0.1) is 0 Å². The van der Waals surface area contributed by atoms with Gasteiger partial charge >= 0.3 is 0 Å². The molecule has 1 aromatic rings. The van der Waals surface area contributed by atoms with Crippen molar-refractivity contribution >= 4 is 35.8 Å². The van der Waals surface area contributed by atoms with E-state index in [4.69, 9.17) is 4.74 Å². The first-order chi connectivity index (χ1) is 14.6. The predicted molar refractivity (Wildman–Crippen MR) is 140 cm³/mol. The Labute approximate surface area is 205 Å². The lowest BCUT2D eigenvalue weighted by molar-refractivity contribution is -0.00545. The van der Waals surface area contributed by atoms with Gasteiger partial charge in [-0.3, -0.25) is 4.99 Å². The SMILES string of the molecule is CN=C(NCCCN1CCCCCC1)NCc1ccc(N2CC(C)OC(C)C2)nc1.I. The van der Waals surface area contributed by atoms with Crippen molar-refractivity contribution in [1.29, 1.82) is 0 Å². The van der Waals surface area contributed by atoms with Gasteiger partial charge in [0.15, 0.2) is 5.96 Å². The number of hydrogen-bond acceptors (Lipinski definition) is 5. The molecule has 2 aliphatic heterocycles. The molecule has 2 saturated heterocycles. The lowest BCUT2D eigenvalue weighted by Crippen LogP contribution is -2.45. The first kappa shape index (κ1) is 26.1. The van der Waals surface area contributed by atoms with Crippen molar-refractivity contribution in [3.05, 3.63) is 23.9 Å². The number of hydrogen-bond donors (Lipinski definition) is 2. The number of morpholine rings is 1. The van der Waals surface area contributed by atoms with Gasteiger partial charge in [0.1, 0.15) is 5.82 Å². The van der Waals surface area contributed by atoms with Crippen molar-refractivity contribution in [3.63, 3.8) is 0 Å². The maximum absolute atomic E-state index is 5.82. The monoisotopic (exact) mass is 544 g/mol. The number of aliphatic imine (C=N–C) groups is 1. The van der Waals surface area contributed by atoms with Crippen LogP contribution in [-0.2, 0) is 11.3 Å². The summed E-state index contributed by atoms with van der Waals surface area (Å²) < 4.78 is 5.82.